The Kier molecular flexibility index (Phi) is 3.56. The van der Waals surface area contributed by atoms with Crippen molar-refractivity contribution in [3.63, 3.8) is 0 Å². The normalized spacial score (nSPS) is 17.4. The minimum Gasteiger partial charge on any atom is -0.493 e. The SMILES string of the molecule is COc1cc2c(cc1OC)C(c1ccccn1)OCC2. The predicted octanol–water partition coefficient (Wildman–Crippen LogP) is 2.76. The van der Waals surface area contributed by atoms with Gasteiger partial charge in [-0.2, -0.15) is 0 Å². The first-order chi connectivity index (χ1) is 9.83. The molecule has 1 aromatic carbocycles. The Morgan fingerprint density at radius 1 is 1.15 bits per heavy atom. The molecule has 1 aliphatic rings. The van der Waals surface area contributed by atoms with Gasteiger partial charge >= 0.3 is 0 Å². The van der Waals surface area contributed by atoms with E-state index in [1.807, 2.05) is 30.3 Å². The Bertz CT molecular complexity index is 598. The number of aromatic nitrogens is 1. The summed E-state index contributed by atoms with van der Waals surface area (Å²) in [6.45, 7) is 0.684. The Balaban J connectivity index is 2.08. The number of methoxy groups -OCH3 is 2. The van der Waals surface area contributed by atoms with Crippen LogP contribution in [0.3, 0.4) is 0 Å². The molecule has 4 nitrogen and oxygen atoms in total. The van der Waals surface area contributed by atoms with Gasteiger partial charge in [-0.05, 0) is 41.8 Å². The topological polar surface area (TPSA) is 40.6 Å². The average molecular weight is 271 g/mol. The first kappa shape index (κ1) is 12.9. The van der Waals surface area contributed by atoms with Gasteiger partial charge in [0.15, 0.2) is 11.5 Å². The summed E-state index contributed by atoms with van der Waals surface area (Å²) in [7, 11) is 3.30. The maximum atomic E-state index is 5.90. The van der Waals surface area contributed by atoms with Crippen LogP contribution in [0.4, 0.5) is 0 Å². The second-order valence-corrected chi connectivity index (χ2v) is 4.66. The highest BCUT2D eigenvalue weighted by Gasteiger charge is 2.25. The molecule has 3 rings (SSSR count). The van der Waals surface area contributed by atoms with Crippen LogP contribution >= 0.6 is 0 Å². The molecule has 2 aromatic rings. The van der Waals surface area contributed by atoms with Gasteiger partial charge in [0.2, 0.25) is 0 Å². The first-order valence-electron chi connectivity index (χ1n) is 6.61. The van der Waals surface area contributed by atoms with E-state index in [1.54, 1.807) is 20.4 Å². The van der Waals surface area contributed by atoms with E-state index in [4.69, 9.17) is 14.2 Å². The van der Waals surface area contributed by atoms with Gasteiger partial charge in [0.1, 0.15) is 6.10 Å². The molecular formula is C16H17NO3. The van der Waals surface area contributed by atoms with Crippen molar-refractivity contribution in [3.8, 4) is 11.5 Å². The molecule has 1 aliphatic heterocycles. The number of hydrogen-bond donors (Lipinski definition) is 0. The fourth-order valence-corrected chi connectivity index (χ4v) is 2.55. The van der Waals surface area contributed by atoms with Gasteiger partial charge < -0.3 is 14.2 Å². The van der Waals surface area contributed by atoms with Gasteiger partial charge in [0, 0.05) is 6.20 Å². The summed E-state index contributed by atoms with van der Waals surface area (Å²) in [6.07, 6.45) is 2.52. The zero-order valence-corrected chi connectivity index (χ0v) is 11.6. The van der Waals surface area contributed by atoms with Crippen molar-refractivity contribution in [2.24, 2.45) is 0 Å². The lowest BCUT2D eigenvalue weighted by Crippen LogP contribution is -2.18. The van der Waals surface area contributed by atoms with E-state index >= 15 is 0 Å². The van der Waals surface area contributed by atoms with Gasteiger partial charge in [-0.15, -0.1) is 0 Å². The van der Waals surface area contributed by atoms with E-state index in [0.29, 0.717) is 6.61 Å². The maximum absolute atomic E-state index is 5.90. The van der Waals surface area contributed by atoms with E-state index in [-0.39, 0.29) is 6.10 Å². The molecule has 0 aliphatic carbocycles. The van der Waals surface area contributed by atoms with Crippen LogP contribution < -0.4 is 9.47 Å². The Hall–Kier alpha value is -2.07. The fourth-order valence-electron chi connectivity index (χ4n) is 2.55. The molecule has 0 saturated carbocycles. The van der Waals surface area contributed by atoms with Crippen LogP contribution in [-0.2, 0) is 11.2 Å². The van der Waals surface area contributed by atoms with Crippen molar-refractivity contribution in [2.75, 3.05) is 20.8 Å². The second-order valence-electron chi connectivity index (χ2n) is 4.66. The van der Waals surface area contributed by atoms with E-state index < -0.39 is 0 Å². The molecule has 0 radical (unpaired) electrons. The number of fused-ring (bicyclic) bond motifs is 1. The summed E-state index contributed by atoms with van der Waals surface area (Å²) >= 11 is 0. The molecule has 0 fully saturated rings. The molecule has 20 heavy (non-hydrogen) atoms. The summed E-state index contributed by atoms with van der Waals surface area (Å²) in [6, 6.07) is 9.89. The van der Waals surface area contributed by atoms with Crippen LogP contribution in [-0.4, -0.2) is 25.8 Å². The Morgan fingerprint density at radius 2 is 1.95 bits per heavy atom. The molecule has 1 unspecified atom stereocenters. The van der Waals surface area contributed by atoms with E-state index in [2.05, 4.69) is 4.98 Å². The van der Waals surface area contributed by atoms with Crippen molar-refractivity contribution >= 4 is 0 Å². The van der Waals surface area contributed by atoms with Crippen LogP contribution in [0.25, 0.3) is 0 Å². The van der Waals surface area contributed by atoms with E-state index in [0.717, 1.165) is 29.2 Å². The molecule has 0 N–H and O–H groups in total. The van der Waals surface area contributed by atoms with Crippen LogP contribution in [0.1, 0.15) is 22.9 Å². The van der Waals surface area contributed by atoms with Crippen LogP contribution in [0.15, 0.2) is 36.5 Å². The molecule has 1 atom stereocenters. The van der Waals surface area contributed by atoms with Gasteiger partial charge in [0.25, 0.3) is 0 Å². The van der Waals surface area contributed by atoms with Crippen LogP contribution in [0.2, 0.25) is 0 Å². The van der Waals surface area contributed by atoms with Gasteiger partial charge in [-0.1, -0.05) is 6.07 Å². The minimum atomic E-state index is -0.139. The number of ether oxygens (including phenoxy) is 3. The molecule has 0 amide bonds. The third-order valence-electron chi connectivity index (χ3n) is 3.54. The quantitative estimate of drug-likeness (QED) is 0.860. The third kappa shape index (κ3) is 2.23. The molecule has 1 aromatic heterocycles. The molecule has 0 saturated heterocycles. The molecule has 4 heteroatoms. The highest BCUT2D eigenvalue weighted by atomic mass is 16.5. The number of nitrogens with zero attached hydrogens (tertiary/aromatic N) is 1. The maximum Gasteiger partial charge on any atom is 0.161 e. The lowest BCUT2D eigenvalue weighted by atomic mass is 9.94. The molecular weight excluding hydrogens is 254 g/mol. The van der Waals surface area contributed by atoms with Crippen molar-refractivity contribution in [3.05, 3.63) is 53.3 Å². The van der Waals surface area contributed by atoms with Crippen molar-refractivity contribution in [1.29, 1.82) is 0 Å². The highest BCUT2D eigenvalue weighted by Crippen LogP contribution is 2.38. The van der Waals surface area contributed by atoms with E-state index in [1.165, 1.54) is 5.56 Å². The number of hydrogen-bond acceptors (Lipinski definition) is 4. The average Bonchev–Trinajstić information content (AvgIpc) is 2.53. The zero-order valence-electron chi connectivity index (χ0n) is 11.6. The largest absolute Gasteiger partial charge is 0.493 e. The van der Waals surface area contributed by atoms with Crippen LogP contribution in [0, 0.1) is 0 Å². The Labute approximate surface area is 118 Å². The summed E-state index contributed by atoms with van der Waals surface area (Å²) in [5, 5.41) is 0. The van der Waals surface area contributed by atoms with Crippen LogP contribution in [0.5, 0.6) is 11.5 Å². The van der Waals surface area contributed by atoms with Gasteiger partial charge in [-0.3, -0.25) is 4.98 Å². The predicted molar refractivity (Wildman–Crippen MR) is 75.3 cm³/mol. The van der Waals surface area contributed by atoms with E-state index in [9.17, 15) is 0 Å². The monoisotopic (exact) mass is 271 g/mol. The third-order valence-corrected chi connectivity index (χ3v) is 3.54. The van der Waals surface area contributed by atoms with Crippen molar-refractivity contribution in [1.82, 2.24) is 4.98 Å². The summed E-state index contributed by atoms with van der Waals surface area (Å²) < 4.78 is 16.7. The zero-order chi connectivity index (χ0) is 13.9. The second kappa shape index (κ2) is 5.51. The van der Waals surface area contributed by atoms with Crippen molar-refractivity contribution < 1.29 is 14.2 Å². The molecule has 2 heterocycles. The lowest BCUT2D eigenvalue weighted by molar-refractivity contribution is 0.0667. The summed E-state index contributed by atoms with van der Waals surface area (Å²) in [5.74, 6) is 1.48. The minimum absolute atomic E-state index is 0.139. The first-order valence-corrected chi connectivity index (χ1v) is 6.61. The van der Waals surface area contributed by atoms with Crippen molar-refractivity contribution in [2.45, 2.75) is 12.5 Å². The fraction of sp³-hybridized carbons (Fsp3) is 0.312. The highest BCUT2D eigenvalue weighted by molar-refractivity contribution is 5.50. The summed E-state index contributed by atoms with van der Waals surface area (Å²) in [4.78, 5) is 4.40. The lowest BCUT2D eigenvalue weighted by Gasteiger charge is -2.27. The Morgan fingerprint density at radius 3 is 2.65 bits per heavy atom. The number of pyridine rings is 1. The molecule has 0 bridgehead atoms. The molecule has 104 valence electrons. The summed E-state index contributed by atoms with van der Waals surface area (Å²) in [5.41, 5.74) is 3.25. The standard InChI is InChI=1S/C16H17NO3/c1-18-14-9-11-6-8-20-16(12(11)10-15(14)19-2)13-5-3-4-7-17-13/h3-5,7,9-10,16H,6,8H2,1-2H3. The molecule has 0 spiro atoms. The smallest absolute Gasteiger partial charge is 0.161 e. The van der Waals surface area contributed by atoms with Gasteiger partial charge in [0.05, 0.1) is 26.5 Å². The number of rotatable bonds is 3. The van der Waals surface area contributed by atoms with Gasteiger partial charge in [-0.25, -0.2) is 0 Å². The number of benzene rings is 1.